The third kappa shape index (κ3) is 7.16. The molecule has 3 aromatic rings. The fourth-order valence-electron chi connectivity index (χ4n) is 4.05. The zero-order valence-corrected chi connectivity index (χ0v) is 21.6. The largest absolute Gasteiger partial charge is 0.368 e. The van der Waals surface area contributed by atoms with Gasteiger partial charge in [-0.1, -0.05) is 23.7 Å². The summed E-state index contributed by atoms with van der Waals surface area (Å²) in [4.78, 5) is 47.7. The number of nitro benzene ring substituents is 1. The maximum Gasteiger partial charge on any atom is 0.269 e. The van der Waals surface area contributed by atoms with Crippen LogP contribution in [-0.2, 0) is 16.0 Å². The number of hydrogen-bond donors (Lipinski definition) is 2. The summed E-state index contributed by atoms with van der Waals surface area (Å²) in [6.07, 6.45) is 0.189. The summed E-state index contributed by atoms with van der Waals surface area (Å²) < 4.78 is 0. The summed E-state index contributed by atoms with van der Waals surface area (Å²) in [6, 6.07) is 15.2. The Hall–Kier alpha value is -4.25. The highest BCUT2D eigenvalue weighted by molar-refractivity contribution is 6.30. The molecule has 1 saturated heterocycles. The summed E-state index contributed by atoms with van der Waals surface area (Å²) in [5.41, 5.74) is 1.56. The minimum Gasteiger partial charge on any atom is -0.368 e. The van der Waals surface area contributed by atoms with Crippen molar-refractivity contribution in [2.45, 2.75) is 13.3 Å². The molecule has 2 amide bonds. The fraction of sp³-hybridized carbons (Fsp3) is 0.308. The first-order valence-electron chi connectivity index (χ1n) is 12.2. The van der Waals surface area contributed by atoms with E-state index in [-0.39, 0.29) is 23.9 Å². The summed E-state index contributed by atoms with van der Waals surface area (Å²) in [7, 11) is 0. The van der Waals surface area contributed by atoms with Crippen LogP contribution < -0.4 is 15.5 Å². The normalized spacial score (nSPS) is 13.2. The molecule has 0 aliphatic carbocycles. The topological polar surface area (TPSA) is 134 Å². The zero-order valence-electron chi connectivity index (χ0n) is 20.9. The number of benzene rings is 2. The van der Waals surface area contributed by atoms with Gasteiger partial charge in [-0.05, 0) is 29.8 Å². The van der Waals surface area contributed by atoms with E-state index in [1.165, 1.54) is 19.1 Å². The Bertz CT molecular complexity index is 1290. The molecule has 1 fully saturated rings. The minimum atomic E-state index is -0.458. The number of amides is 2. The molecule has 0 spiro atoms. The highest BCUT2D eigenvalue weighted by atomic mass is 35.5. The number of halogens is 1. The monoisotopic (exact) mass is 537 g/mol. The van der Waals surface area contributed by atoms with Gasteiger partial charge in [-0.15, -0.1) is 0 Å². The van der Waals surface area contributed by atoms with Crippen molar-refractivity contribution in [1.29, 1.82) is 0 Å². The first-order valence-corrected chi connectivity index (χ1v) is 12.6. The van der Waals surface area contributed by atoms with Gasteiger partial charge in [0.25, 0.3) is 5.69 Å². The number of carbonyl (C=O) groups excluding carboxylic acids is 2. The lowest BCUT2D eigenvalue weighted by molar-refractivity contribution is -0.384. The van der Waals surface area contributed by atoms with Crippen LogP contribution in [0.5, 0.6) is 0 Å². The number of anilines is 2. The molecule has 11 nitrogen and oxygen atoms in total. The van der Waals surface area contributed by atoms with E-state index in [1.807, 2.05) is 18.2 Å². The molecule has 1 aliphatic heterocycles. The Morgan fingerprint density at radius 3 is 2.32 bits per heavy atom. The van der Waals surface area contributed by atoms with Crippen molar-refractivity contribution in [1.82, 2.24) is 20.2 Å². The van der Waals surface area contributed by atoms with E-state index in [0.717, 1.165) is 16.9 Å². The van der Waals surface area contributed by atoms with E-state index in [2.05, 4.69) is 20.5 Å². The number of carbonyl (C=O) groups is 2. The van der Waals surface area contributed by atoms with E-state index < -0.39 is 4.92 Å². The van der Waals surface area contributed by atoms with E-state index in [1.54, 1.807) is 29.2 Å². The first kappa shape index (κ1) is 26.8. The van der Waals surface area contributed by atoms with Crippen LogP contribution in [0, 0.1) is 10.1 Å². The van der Waals surface area contributed by atoms with Gasteiger partial charge >= 0.3 is 0 Å². The lowest BCUT2D eigenvalue weighted by Gasteiger charge is -2.35. The second-order valence-electron chi connectivity index (χ2n) is 8.82. The van der Waals surface area contributed by atoms with Crippen LogP contribution in [0.4, 0.5) is 17.3 Å². The number of nitrogens with one attached hydrogen (secondary N) is 2. The molecule has 2 heterocycles. The summed E-state index contributed by atoms with van der Waals surface area (Å²) in [5.74, 6) is 1.77. The maximum absolute atomic E-state index is 12.8. The molecule has 0 atom stereocenters. The van der Waals surface area contributed by atoms with Gasteiger partial charge in [0.05, 0.1) is 11.3 Å². The van der Waals surface area contributed by atoms with E-state index in [4.69, 9.17) is 16.6 Å². The third-order valence-electron chi connectivity index (χ3n) is 6.08. The van der Waals surface area contributed by atoms with Crippen molar-refractivity contribution in [3.63, 3.8) is 0 Å². The zero-order chi connectivity index (χ0) is 27.1. The molecular weight excluding hydrogens is 510 g/mol. The highest BCUT2D eigenvalue weighted by Crippen LogP contribution is 2.25. The number of nitrogens with zero attached hydrogens (tertiary/aromatic N) is 5. The van der Waals surface area contributed by atoms with Crippen LogP contribution in [0.2, 0.25) is 5.02 Å². The number of non-ortho nitro benzene ring substituents is 1. The molecule has 0 radical (unpaired) electrons. The van der Waals surface area contributed by atoms with E-state index in [0.29, 0.717) is 55.9 Å². The third-order valence-corrected chi connectivity index (χ3v) is 6.33. The van der Waals surface area contributed by atoms with Crippen LogP contribution in [0.1, 0.15) is 12.5 Å². The molecule has 2 N–H and O–H groups in total. The van der Waals surface area contributed by atoms with Gasteiger partial charge in [-0.25, -0.2) is 9.97 Å². The SMILES string of the molecule is CC(=O)NCCNc1cc(N2CCN(C(=O)Cc3ccc([N+](=O)[O-])cc3)CC2)nc(-c2ccc(Cl)cc2)n1. The Balaban J connectivity index is 1.43. The van der Waals surface area contributed by atoms with Crippen LogP contribution >= 0.6 is 11.6 Å². The fourth-order valence-corrected chi connectivity index (χ4v) is 4.18. The predicted molar refractivity (Wildman–Crippen MR) is 145 cm³/mol. The first-order chi connectivity index (χ1) is 18.3. The minimum absolute atomic E-state index is 0.00149. The molecule has 1 aliphatic rings. The van der Waals surface area contributed by atoms with E-state index in [9.17, 15) is 19.7 Å². The highest BCUT2D eigenvalue weighted by Gasteiger charge is 2.23. The van der Waals surface area contributed by atoms with E-state index >= 15 is 0 Å². The van der Waals surface area contributed by atoms with Gasteiger partial charge in [-0.3, -0.25) is 19.7 Å². The summed E-state index contributed by atoms with van der Waals surface area (Å²) >= 11 is 6.05. The van der Waals surface area contributed by atoms with Crippen molar-refractivity contribution in [3.8, 4) is 11.4 Å². The molecule has 12 heteroatoms. The Labute approximate surface area is 225 Å². The average Bonchev–Trinajstić information content (AvgIpc) is 2.91. The molecule has 1 aromatic heterocycles. The van der Waals surface area contributed by atoms with Crippen LogP contribution in [-0.4, -0.2) is 70.9 Å². The molecular formula is C26H28ClN7O4. The van der Waals surface area contributed by atoms with Crippen LogP contribution in [0.3, 0.4) is 0 Å². The van der Waals surface area contributed by atoms with Gasteiger partial charge < -0.3 is 20.4 Å². The van der Waals surface area contributed by atoms with Crippen molar-refractivity contribution in [3.05, 3.63) is 75.3 Å². The molecule has 2 aromatic carbocycles. The second kappa shape index (κ2) is 12.3. The van der Waals surface area contributed by atoms with Crippen LogP contribution in [0.25, 0.3) is 11.4 Å². The van der Waals surface area contributed by atoms with Crippen molar-refractivity contribution in [2.75, 3.05) is 49.5 Å². The number of hydrogen-bond acceptors (Lipinski definition) is 8. The standard InChI is InChI=1S/C26H28ClN7O4/c1-18(35)28-10-11-29-23-17-24(31-26(30-23)20-4-6-21(27)7-5-20)32-12-14-33(15-13-32)25(36)16-19-2-8-22(9-3-19)34(37)38/h2-9,17H,10-16H2,1H3,(H,28,35)(H,29,30,31). The van der Waals surface area contributed by atoms with Crippen LogP contribution in [0.15, 0.2) is 54.6 Å². The molecule has 0 bridgehead atoms. The predicted octanol–water partition coefficient (Wildman–Crippen LogP) is 3.14. The summed E-state index contributed by atoms with van der Waals surface area (Å²) in [5, 5.41) is 17.5. The smallest absolute Gasteiger partial charge is 0.269 e. The number of nitro groups is 1. The van der Waals surface area contributed by atoms with Gasteiger partial charge in [0.2, 0.25) is 11.8 Å². The van der Waals surface area contributed by atoms with Gasteiger partial charge in [0, 0.05) is 75.0 Å². The molecule has 0 saturated carbocycles. The molecule has 198 valence electrons. The lowest BCUT2D eigenvalue weighted by atomic mass is 10.1. The van der Waals surface area contributed by atoms with Gasteiger partial charge in [0.15, 0.2) is 5.82 Å². The van der Waals surface area contributed by atoms with Gasteiger partial charge in [0.1, 0.15) is 11.6 Å². The maximum atomic E-state index is 12.8. The summed E-state index contributed by atoms with van der Waals surface area (Å²) in [6.45, 7) is 4.66. The molecule has 4 rings (SSSR count). The molecule has 38 heavy (non-hydrogen) atoms. The van der Waals surface area contributed by atoms with Crippen molar-refractivity contribution >= 4 is 40.7 Å². The Morgan fingerprint density at radius 1 is 1.00 bits per heavy atom. The number of aromatic nitrogens is 2. The van der Waals surface area contributed by atoms with Gasteiger partial charge in [-0.2, -0.15) is 0 Å². The average molecular weight is 538 g/mol. The van der Waals surface area contributed by atoms with Crippen molar-refractivity contribution in [2.24, 2.45) is 0 Å². The second-order valence-corrected chi connectivity index (χ2v) is 9.26. The van der Waals surface area contributed by atoms with Crippen molar-refractivity contribution < 1.29 is 14.5 Å². The number of piperazine rings is 1. The molecule has 0 unspecified atom stereocenters. The number of rotatable bonds is 9. The Morgan fingerprint density at radius 2 is 1.68 bits per heavy atom. The lowest BCUT2D eigenvalue weighted by Crippen LogP contribution is -2.49. The quantitative estimate of drug-likeness (QED) is 0.241. The Kier molecular flexibility index (Phi) is 8.70.